The van der Waals surface area contributed by atoms with Gasteiger partial charge in [-0.15, -0.1) is 0 Å². The lowest BCUT2D eigenvalue weighted by molar-refractivity contribution is -0.123. The van der Waals surface area contributed by atoms with Crippen LogP contribution in [0.2, 0.25) is 0 Å². The lowest BCUT2D eigenvalue weighted by Crippen LogP contribution is -2.28. The molecule has 2 amide bonds. The van der Waals surface area contributed by atoms with Gasteiger partial charge in [-0.1, -0.05) is 60.7 Å². The van der Waals surface area contributed by atoms with Crippen LogP contribution in [0.25, 0.3) is 0 Å². The van der Waals surface area contributed by atoms with Crippen molar-refractivity contribution in [2.45, 2.75) is 25.8 Å². The number of anilines is 1. The third kappa shape index (κ3) is 6.19. The zero-order valence-corrected chi connectivity index (χ0v) is 17.3. The fourth-order valence-corrected chi connectivity index (χ4v) is 3.30. The van der Waals surface area contributed by atoms with Crippen molar-refractivity contribution in [3.8, 4) is 5.75 Å². The molecule has 31 heavy (non-hydrogen) atoms. The Kier molecular flexibility index (Phi) is 6.62. The minimum absolute atomic E-state index is 0.0403. The van der Waals surface area contributed by atoms with E-state index in [1.807, 2.05) is 66.7 Å². The van der Waals surface area contributed by atoms with Gasteiger partial charge in [-0.25, -0.2) is 0 Å². The lowest BCUT2D eigenvalue weighted by atomic mass is 10.0. The molecule has 0 radical (unpaired) electrons. The molecule has 3 aromatic carbocycles. The van der Waals surface area contributed by atoms with Gasteiger partial charge in [0.15, 0.2) is 6.61 Å². The lowest BCUT2D eigenvalue weighted by Gasteiger charge is -2.12. The van der Waals surface area contributed by atoms with Crippen molar-refractivity contribution in [1.29, 1.82) is 0 Å². The van der Waals surface area contributed by atoms with Crippen LogP contribution in [-0.4, -0.2) is 18.4 Å². The Hall–Kier alpha value is -3.60. The number of carbonyl (C=O) groups excluding carboxylic acids is 2. The quantitative estimate of drug-likeness (QED) is 0.548. The van der Waals surface area contributed by atoms with Crippen LogP contribution in [-0.2, 0) is 22.6 Å². The maximum Gasteiger partial charge on any atom is 0.258 e. The van der Waals surface area contributed by atoms with Gasteiger partial charge >= 0.3 is 0 Å². The normalized spacial score (nSPS) is 12.8. The van der Waals surface area contributed by atoms with Gasteiger partial charge in [0.25, 0.3) is 5.91 Å². The SMILES string of the molecule is O=C(COc1ccccc1Cc1ccccc1)NCc1ccc(NC(=O)C2CC2)cc1. The summed E-state index contributed by atoms with van der Waals surface area (Å²) in [7, 11) is 0. The highest BCUT2D eigenvalue weighted by atomic mass is 16.5. The highest BCUT2D eigenvalue weighted by molar-refractivity contribution is 5.94. The van der Waals surface area contributed by atoms with Crippen molar-refractivity contribution >= 4 is 17.5 Å². The molecule has 5 nitrogen and oxygen atoms in total. The highest BCUT2D eigenvalue weighted by Gasteiger charge is 2.29. The summed E-state index contributed by atoms with van der Waals surface area (Å²) in [6.07, 6.45) is 2.71. The van der Waals surface area contributed by atoms with E-state index in [1.165, 1.54) is 5.56 Å². The van der Waals surface area contributed by atoms with Crippen LogP contribution in [0.1, 0.15) is 29.5 Å². The molecule has 1 fully saturated rings. The number of para-hydroxylation sites is 1. The van der Waals surface area contributed by atoms with Gasteiger partial charge in [-0.2, -0.15) is 0 Å². The first-order valence-corrected chi connectivity index (χ1v) is 10.6. The molecule has 0 heterocycles. The third-order valence-corrected chi connectivity index (χ3v) is 5.23. The van der Waals surface area contributed by atoms with Gasteiger partial charge in [-0.3, -0.25) is 9.59 Å². The molecule has 0 aromatic heterocycles. The fourth-order valence-electron chi connectivity index (χ4n) is 3.30. The molecule has 0 aliphatic heterocycles. The predicted molar refractivity (Wildman–Crippen MR) is 121 cm³/mol. The largest absolute Gasteiger partial charge is 0.483 e. The van der Waals surface area contributed by atoms with Crippen LogP contribution in [0.5, 0.6) is 5.75 Å². The summed E-state index contributed by atoms with van der Waals surface area (Å²) in [6.45, 7) is 0.367. The van der Waals surface area contributed by atoms with E-state index in [9.17, 15) is 9.59 Å². The summed E-state index contributed by atoms with van der Waals surface area (Å²) >= 11 is 0. The van der Waals surface area contributed by atoms with E-state index in [4.69, 9.17) is 4.74 Å². The van der Waals surface area contributed by atoms with Crippen molar-refractivity contribution in [2.24, 2.45) is 5.92 Å². The molecule has 0 spiro atoms. The van der Waals surface area contributed by atoms with Crippen molar-refractivity contribution in [3.05, 3.63) is 95.6 Å². The first kappa shape index (κ1) is 20.7. The molecule has 1 aliphatic rings. The Balaban J connectivity index is 1.25. The highest BCUT2D eigenvalue weighted by Crippen LogP contribution is 2.30. The molecule has 2 N–H and O–H groups in total. The molecular weight excluding hydrogens is 388 g/mol. The van der Waals surface area contributed by atoms with E-state index in [0.717, 1.165) is 41.8 Å². The van der Waals surface area contributed by atoms with Crippen LogP contribution in [0.3, 0.4) is 0 Å². The second-order valence-corrected chi connectivity index (χ2v) is 7.80. The monoisotopic (exact) mass is 414 g/mol. The zero-order valence-electron chi connectivity index (χ0n) is 17.3. The molecule has 3 aromatic rings. The summed E-state index contributed by atoms with van der Waals surface area (Å²) in [5.41, 5.74) is 3.98. The van der Waals surface area contributed by atoms with E-state index in [-0.39, 0.29) is 24.3 Å². The second-order valence-electron chi connectivity index (χ2n) is 7.80. The van der Waals surface area contributed by atoms with E-state index < -0.39 is 0 Å². The molecule has 5 heteroatoms. The maximum atomic E-state index is 12.3. The minimum Gasteiger partial charge on any atom is -0.483 e. The number of rotatable bonds is 9. The van der Waals surface area contributed by atoms with Crippen LogP contribution in [0, 0.1) is 5.92 Å². The Morgan fingerprint density at radius 3 is 2.29 bits per heavy atom. The Labute approximate surface area is 182 Å². The summed E-state index contributed by atoms with van der Waals surface area (Å²) in [5.74, 6) is 0.806. The summed E-state index contributed by atoms with van der Waals surface area (Å²) in [6, 6.07) is 25.5. The maximum absolute atomic E-state index is 12.3. The van der Waals surface area contributed by atoms with Crippen LogP contribution < -0.4 is 15.4 Å². The van der Waals surface area contributed by atoms with Crippen molar-refractivity contribution in [2.75, 3.05) is 11.9 Å². The number of hydrogen-bond donors (Lipinski definition) is 2. The second kappa shape index (κ2) is 9.94. The van der Waals surface area contributed by atoms with Crippen molar-refractivity contribution in [1.82, 2.24) is 5.32 Å². The average molecular weight is 415 g/mol. The first-order valence-electron chi connectivity index (χ1n) is 10.6. The first-order chi connectivity index (χ1) is 15.2. The van der Waals surface area contributed by atoms with Gasteiger partial charge in [0.2, 0.25) is 5.91 Å². The Morgan fingerprint density at radius 1 is 0.839 bits per heavy atom. The summed E-state index contributed by atoms with van der Waals surface area (Å²) in [5, 5.41) is 5.79. The molecule has 1 aliphatic carbocycles. The Morgan fingerprint density at radius 2 is 1.55 bits per heavy atom. The molecular formula is C26H26N2O3. The van der Waals surface area contributed by atoms with Gasteiger partial charge in [0, 0.05) is 24.6 Å². The smallest absolute Gasteiger partial charge is 0.258 e. The number of ether oxygens (including phenoxy) is 1. The molecule has 0 atom stereocenters. The third-order valence-electron chi connectivity index (χ3n) is 5.23. The number of carbonyl (C=O) groups is 2. The number of hydrogen-bond acceptors (Lipinski definition) is 3. The average Bonchev–Trinajstić information content (AvgIpc) is 3.64. The molecule has 1 saturated carbocycles. The topological polar surface area (TPSA) is 67.4 Å². The van der Waals surface area contributed by atoms with Crippen molar-refractivity contribution in [3.63, 3.8) is 0 Å². The van der Waals surface area contributed by atoms with E-state index in [2.05, 4.69) is 22.8 Å². The number of nitrogens with one attached hydrogen (secondary N) is 2. The van der Waals surface area contributed by atoms with Gasteiger partial charge in [0.05, 0.1) is 0 Å². The molecule has 0 saturated heterocycles. The fraction of sp³-hybridized carbons (Fsp3) is 0.231. The van der Waals surface area contributed by atoms with E-state index in [1.54, 1.807) is 0 Å². The minimum atomic E-state index is -0.180. The Bertz CT molecular complexity index is 1030. The molecule has 4 rings (SSSR count). The van der Waals surface area contributed by atoms with E-state index in [0.29, 0.717) is 6.54 Å². The molecule has 158 valence electrons. The van der Waals surface area contributed by atoms with E-state index >= 15 is 0 Å². The van der Waals surface area contributed by atoms with Crippen LogP contribution in [0.15, 0.2) is 78.9 Å². The summed E-state index contributed by atoms with van der Waals surface area (Å²) < 4.78 is 5.79. The number of benzene rings is 3. The van der Waals surface area contributed by atoms with Gasteiger partial charge < -0.3 is 15.4 Å². The molecule has 0 bridgehead atoms. The standard InChI is InChI=1S/C26H26N2O3/c29-25(27-17-20-10-14-23(15-11-20)28-26(30)21-12-13-21)18-31-24-9-5-4-8-22(24)16-19-6-2-1-3-7-19/h1-11,14-15,21H,12-13,16-18H2,(H,27,29)(H,28,30). The predicted octanol–water partition coefficient (Wildman–Crippen LogP) is 4.32. The van der Waals surface area contributed by atoms with Crippen LogP contribution in [0.4, 0.5) is 5.69 Å². The van der Waals surface area contributed by atoms with Crippen LogP contribution >= 0.6 is 0 Å². The zero-order chi connectivity index (χ0) is 21.5. The van der Waals surface area contributed by atoms with Gasteiger partial charge in [-0.05, 0) is 47.7 Å². The van der Waals surface area contributed by atoms with Crippen molar-refractivity contribution < 1.29 is 14.3 Å². The van der Waals surface area contributed by atoms with Gasteiger partial charge in [0.1, 0.15) is 5.75 Å². The number of amides is 2. The molecule has 0 unspecified atom stereocenters. The summed E-state index contributed by atoms with van der Waals surface area (Å²) in [4.78, 5) is 24.1.